The number of carbonyl (C=O) groups is 2. The van der Waals surface area contributed by atoms with Crippen LogP contribution in [0, 0.1) is 11.7 Å². The summed E-state index contributed by atoms with van der Waals surface area (Å²) in [4.78, 5) is 25.1. The fraction of sp³-hybridized carbons (Fsp3) is 0.429. The van der Waals surface area contributed by atoms with E-state index in [1.807, 2.05) is 6.92 Å². The van der Waals surface area contributed by atoms with Gasteiger partial charge in [0.25, 0.3) is 5.91 Å². The lowest BCUT2D eigenvalue weighted by Crippen LogP contribution is -2.47. The number of benzene rings is 1. The topological polar surface area (TPSA) is 57.6 Å². The fourth-order valence-electron chi connectivity index (χ4n) is 2.39. The molecule has 0 aromatic heterocycles. The second-order valence-corrected chi connectivity index (χ2v) is 5.90. The molecular formula is C14H15BrFNO3. The van der Waals surface area contributed by atoms with E-state index in [1.165, 1.54) is 18.2 Å². The summed E-state index contributed by atoms with van der Waals surface area (Å²) in [6.07, 6.45) is 1.23. The molecule has 0 bridgehead atoms. The Labute approximate surface area is 124 Å². The van der Waals surface area contributed by atoms with Gasteiger partial charge in [-0.25, -0.2) is 4.39 Å². The highest BCUT2D eigenvalue weighted by molar-refractivity contribution is 9.10. The number of likely N-dealkylation sites (tertiary alicyclic amines) is 1. The van der Waals surface area contributed by atoms with Crippen LogP contribution < -0.4 is 0 Å². The molecule has 2 atom stereocenters. The first-order valence-corrected chi connectivity index (χ1v) is 7.18. The predicted octanol–water partition coefficient (Wildman–Crippen LogP) is 2.91. The highest BCUT2D eigenvalue weighted by Crippen LogP contribution is 2.25. The highest BCUT2D eigenvalue weighted by Gasteiger charge is 2.33. The summed E-state index contributed by atoms with van der Waals surface area (Å²) in [7, 11) is 0. The monoisotopic (exact) mass is 343 g/mol. The number of hydrogen-bond donors (Lipinski definition) is 1. The minimum Gasteiger partial charge on any atom is -0.481 e. The number of aliphatic carboxylic acids is 1. The molecule has 108 valence electrons. The SMILES string of the molecule is CC1CCC(C(=O)O)CN1C(=O)c1ccc(F)c(Br)c1. The van der Waals surface area contributed by atoms with E-state index in [0.29, 0.717) is 18.4 Å². The fourth-order valence-corrected chi connectivity index (χ4v) is 2.77. The normalized spacial score (nSPS) is 22.6. The smallest absolute Gasteiger partial charge is 0.308 e. The maximum Gasteiger partial charge on any atom is 0.308 e. The number of carbonyl (C=O) groups excluding carboxylic acids is 1. The molecule has 1 aliphatic rings. The lowest BCUT2D eigenvalue weighted by atomic mass is 9.93. The predicted molar refractivity (Wildman–Crippen MR) is 75.0 cm³/mol. The van der Waals surface area contributed by atoms with Crippen LogP contribution in [0.5, 0.6) is 0 Å². The van der Waals surface area contributed by atoms with Gasteiger partial charge in [-0.2, -0.15) is 0 Å². The Hall–Kier alpha value is -1.43. The summed E-state index contributed by atoms with van der Waals surface area (Å²) in [5.41, 5.74) is 0.358. The molecule has 1 fully saturated rings. The van der Waals surface area contributed by atoms with Gasteiger partial charge >= 0.3 is 5.97 Å². The molecule has 1 amide bonds. The summed E-state index contributed by atoms with van der Waals surface area (Å²) >= 11 is 3.05. The Kier molecular flexibility index (Phi) is 4.42. The first-order chi connectivity index (χ1) is 9.40. The van der Waals surface area contributed by atoms with Crippen LogP contribution in [0.2, 0.25) is 0 Å². The maximum absolute atomic E-state index is 13.2. The van der Waals surface area contributed by atoms with Gasteiger partial charge in [0.2, 0.25) is 0 Å². The molecule has 1 aromatic rings. The molecule has 1 aliphatic heterocycles. The third-order valence-electron chi connectivity index (χ3n) is 3.66. The molecule has 1 aromatic carbocycles. The van der Waals surface area contributed by atoms with E-state index >= 15 is 0 Å². The zero-order valence-electron chi connectivity index (χ0n) is 11.0. The van der Waals surface area contributed by atoms with E-state index in [2.05, 4.69) is 15.9 Å². The first-order valence-electron chi connectivity index (χ1n) is 6.39. The highest BCUT2D eigenvalue weighted by atomic mass is 79.9. The quantitative estimate of drug-likeness (QED) is 0.898. The molecule has 1 heterocycles. The minimum absolute atomic E-state index is 0.0121. The van der Waals surface area contributed by atoms with Crippen molar-refractivity contribution in [1.82, 2.24) is 4.90 Å². The van der Waals surface area contributed by atoms with Crippen molar-refractivity contribution in [3.05, 3.63) is 34.1 Å². The Morgan fingerprint density at radius 3 is 2.70 bits per heavy atom. The lowest BCUT2D eigenvalue weighted by Gasteiger charge is -2.36. The van der Waals surface area contributed by atoms with E-state index in [9.17, 15) is 14.0 Å². The number of nitrogens with zero attached hydrogens (tertiary/aromatic N) is 1. The summed E-state index contributed by atoms with van der Waals surface area (Å²) in [5, 5.41) is 9.08. The van der Waals surface area contributed by atoms with Gasteiger partial charge in [0.1, 0.15) is 5.82 Å². The second-order valence-electron chi connectivity index (χ2n) is 5.05. The van der Waals surface area contributed by atoms with Crippen molar-refractivity contribution in [2.45, 2.75) is 25.8 Å². The van der Waals surface area contributed by atoms with E-state index in [1.54, 1.807) is 4.90 Å². The average molecular weight is 344 g/mol. The number of hydrogen-bond acceptors (Lipinski definition) is 2. The zero-order chi connectivity index (χ0) is 14.9. The van der Waals surface area contributed by atoms with Crippen LogP contribution in [0.3, 0.4) is 0 Å². The summed E-state index contributed by atoms with van der Waals surface area (Å²) in [6.45, 7) is 2.10. The number of carboxylic acid groups (broad SMARTS) is 1. The van der Waals surface area contributed by atoms with Crippen LogP contribution >= 0.6 is 15.9 Å². The Morgan fingerprint density at radius 1 is 1.40 bits per heavy atom. The maximum atomic E-state index is 13.2. The number of rotatable bonds is 2. The Morgan fingerprint density at radius 2 is 2.10 bits per heavy atom. The minimum atomic E-state index is -0.880. The van der Waals surface area contributed by atoms with E-state index in [4.69, 9.17) is 5.11 Å². The van der Waals surface area contributed by atoms with Gasteiger partial charge < -0.3 is 10.0 Å². The number of amides is 1. The number of carboxylic acids is 1. The van der Waals surface area contributed by atoms with Crippen LogP contribution in [0.4, 0.5) is 4.39 Å². The number of halogens is 2. The molecule has 4 nitrogen and oxygen atoms in total. The second kappa shape index (κ2) is 5.91. The van der Waals surface area contributed by atoms with Crippen molar-refractivity contribution in [3.8, 4) is 0 Å². The molecule has 0 spiro atoms. The van der Waals surface area contributed by atoms with Gasteiger partial charge in [-0.05, 0) is 53.9 Å². The van der Waals surface area contributed by atoms with Gasteiger partial charge in [-0.15, -0.1) is 0 Å². The van der Waals surface area contributed by atoms with Gasteiger partial charge in [0, 0.05) is 18.2 Å². The standard InChI is InChI=1S/C14H15BrFNO3/c1-8-2-3-10(14(19)20)7-17(8)13(18)9-4-5-12(16)11(15)6-9/h4-6,8,10H,2-3,7H2,1H3,(H,19,20). The van der Waals surface area contributed by atoms with Gasteiger partial charge in [0.15, 0.2) is 0 Å². The van der Waals surface area contributed by atoms with E-state index in [-0.39, 0.29) is 23.0 Å². The largest absolute Gasteiger partial charge is 0.481 e. The van der Waals surface area contributed by atoms with E-state index < -0.39 is 17.7 Å². The van der Waals surface area contributed by atoms with Crippen molar-refractivity contribution >= 4 is 27.8 Å². The summed E-state index contributed by atoms with van der Waals surface area (Å²) in [6, 6.07) is 4.05. The van der Waals surface area contributed by atoms with Crippen LogP contribution in [0.15, 0.2) is 22.7 Å². The van der Waals surface area contributed by atoms with Crippen molar-refractivity contribution in [2.24, 2.45) is 5.92 Å². The van der Waals surface area contributed by atoms with Gasteiger partial charge in [-0.1, -0.05) is 0 Å². The van der Waals surface area contributed by atoms with Crippen molar-refractivity contribution in [2.75, 3.05) is 6.54 Å². The van der Waals surface area contributed by atoms with Gasteiger partial charge in [0.05, 0.1) is 10.4 Å². The molecule has 0 aliphatic carbocycles. The number of piperidine rings is 1. The summed E-state index contributed by atoms with van der Waals surface area (Å²) < 4.78 is 13.4. The lowest BCUT2D eigenvalue weighted by molar-refractivity contribution is -0.143. The van der Waals surface area contributed by atoms with Crippen LogP contribution in [0.25, 0.3) is 0 Å². The molecule has 20 heavy (non-hydrogen) atoms. The molecule has 0 saturated carbocycles. The molecular weight excluding hydrogens is 329 g/mol. The third kappa shape index (κ3) is 3.00. The average Bonchev–Trinajstić information content (AvgIpc) is 2.41. The van der Waals surface area contributed by atoms with Crippen LogP contribution in [-0.4, -0.2) is 34.5 Å². The molecule has 2 unspecified atom stereocenters. The molecule has 6 heteroatoms. The molecule has 1 saturated heterocycles. The molecule has 0 radical (unpaired) electrons. The Bertz CT molecular complexity index is 549. The van der Waals surface area contributed by atoms with E-state index in [0.717, 1.165) is 0 Å². The van der Waals surface area contributed by atoms with Gasteiger partial charge in [-0.3, -0.25) is 9.59 Å². The van der Waals surface area contributed by atoms with Crippen molar-refractivity contribution in [3.63, 3.8) is 0 Å². The van der Waals surface area contributed by atoms with Crippen molar-refractivity contribution < 1.29 is 19.1 Å². The molecule has 2 rings (SSSR count). The Balaban J connectivity index is 2.21. The summed E-state index contributed by atoms with van der Waals surface area (Å²) in [5.74, 6) is -2.10. The zero-order valence-corrected chi connectivity index (χ0v) is 12.6. The molecule has 1 N–H and O–H groups in total. The first kappa shape index (κ1) is 15.0. The van der Waals surface area contributed by atoms with Crippen LogP contribution in [0.1, 0.15) is 30.1 Å². The van der Waals surface area contributed by atoms with Crippen LogP contribution in [-0.2, 0) is 4.79 Å². The van der Waals surface area contributed by atoms with Crippen molar-refractivity contribution in [1.29, 1.82) is 0 Å². The third-order valence-corrected chi connectivity index (χ3v) is 4.27.